The number of benzene rings is 1. The van der Waals surface area contributed by atoms with E-state index < -0.39 is 0 Å². The summed E-state index contributed by atoms with van der Waals surface area (Å²) in [6, 6.07) is 5.27. The average Bonchev–Trinajstić information content (AvgIpc) is 2.26. The summed E-state index contributed by atoms with van der Waals surface area (Å²) in [6.07, 6.45) is 0. The molecule has 0 spiro atoms. The van der Waals surface area contributed by atoms with Crippen molar-refractivity contribution in [2.45, 2.75) is 11.5 Å². The summed E-state index contributed by atoms with van der Waals surface area (Å²) in [7, 11) is 1.35. The fraction of sp³-hybridized carbons (Fsp3) is 0.300. The number of aliphatic hydroxyl groups is 1. The van der Waals surface area contributed by atoms with Crippen LogP contribution in [0.15, 0.2) is 23.1 Å². The molecule has 0 aliphatic heterocycles. The van der Waals surface area contributed by atoms with E-state index >= 15 is 0 Å². The molecule has 0 fully saturated rings. The van der Waals surface area contributed by atoms with Crippen molar-refractivity contribution in [1.29, 1.82) is 0 Å². The number of hydrogen-bond donors (Lipinski definition) is 1. The number of aliphatic hydroxyl groups excluding tert-OH is 1. The Labute approximate surface area is 97.4 Å². The van der Waals surface area contributed by atoms with Gasteiger partial charge < -0.3 is 9.84 Å². The molecule has 0 amide bonds. The van der Waals surface area contributed by atoms with Crippen LogP contribution in [0.4, 0.5) is 0 Å². The Morgan fingerprint density at radius 3 is 2.87 bits per heavy atom. The van der Waals surface area contributed by atoms with Gasteiger partial charge in [0.05, 0.1) is 19.5 Å². The Balaban J connectivity index is 2.63. The van der Waals surface area contributed by atoms with Gasteiger partial charge >= 0.3 is 5.97 Å². The molecular formula is C10H11ClO3S. The van der Waals surface area contributed by atoms with Crippen LogP contribution in [0.5, 0.6) is 0 Å². The summed E-state index contributed by atoms with van der Waals surface area (Å²) in [5.41, 5.74) is 0.680. The minimum atomic E-state index is -0.276. The van der Waals surface area contributed by atoms with Gasteiger partial charge in [-0.25, -0.2) is 0 Å². The molecule has 0 saturated heterocycles. The summed E-state index contributed by atoms with van der Waals surface area (Å²) in [4.78, 5) is 11.8. The van der Waals surface area contributed by atoms with Crippen molar-refractivity contribution in [1.82, 2.24) is 0 Å². The maximum atomic E-state index is 10.9. The fourth-order valence-corrected chi connectivity index (χ4v) is 2.02. The molecule has 0 heterocycles. The number of ether oxygens (including phenoxy) is 1. The molecule has 5 heteroatoms. The zero-order valence-electron chi connectivity index (χ0n) is 8.20. The third-order valence-corrected chi connectivity index (χ3v) is 3.10. The van der Waals surface area contributed by atoms with E-state index in [1.807, 2.05) is 6.07 Å². The van der Waals surface area contributed by atoms with E-state index in [1.54, 1.807) is 12.1 Å². The number of rotatable bonds is 4. The van der Waals surface area contributed by atoms with Crippen LogP contribution < -0.4 is 0 Å². The third-order valence-electron chi connectivity index (χ3n) is 1.78. The zero-order valence-corrected chi connectivity index (χ0v) is 9.77. The monoisotopic (exact) mass is 246 g/mol. The van der Waals surface area contributed by atoms with Gasteiger partial charge in [-0.3, -0.25) is 4.79 Å². The predicted molar refractivity (Wildman–Crippen MR) is 60.1 cm³/mol. The largest absolute Gasteiger partial charge is 0.468 e. The molecule has 1 aromatic carbocycles. The minimum Gasteiger partial charge on any atom is -0.468 e. The van der Waals surface area contributed by atoms with E-state index in [9.17, 15) is 4.79 Å². The first-order valence-corrected chi connectivity index (χ1v) is 5.62. The highest BCUT2D eigenvalue weighted by molar-refractivity contribution is 8.00. The number of esters is 1. The van der Waals surface area contributed by atoms with Crippen molar-refractivity contribution in [3.63, 3.8) is 0 Å². The van der Waals surface area contributed by atoms with Crippen molar-refractivity contribution in [3.8, 4) is 0 Å². The van der Waals surface area contributed by atoms with Crippen LogP contribution in [0.2, 0.25) is 5.02 Å². The van der Waals surface area contributed by atoms with Crippen molar-refractivity contribution in [3.05, 3.63) is 28.8 Å². The lowest BCUT2D eigenvalue weighted by Gasteiger charge is -2.04. The van der Waals surface area contributed by atoms with Gasteiger partial charge in [-0.05, 0) is 17.7 Å². The van der Waals surface area contributed by atoms with Crippen molar-refractivity contribution >= 4 is 29.3 Å². The predicted octanol–water partition coefficient (Wildman–Crippen LogP) is 2.10. The molecule has 82 valence electrons. The molecule has 1 rings (SSSR count). The Kier molecular flexibility index (Phi) is 4.94. The van der Waals surface area contributed by atoms with Crippen molar-refractivity contribution in [2.75, 3.05) is 12.9 Å². The Morgan fingerprint density at radius 1 is 1.60 bits per heavy atom. The molecule has 0 aliphatic rings. The molecule has 0 aromatic heterocycles. The van der Waals surface area contributed by atoms with Crippen molar-refractivity contribution in [2.24, 2.45) is 0 Å². The van der Waals surface area contributed by atoms with E-state index in [-0.39, 0.29) is 18.3 Å². The summed E-state index contributed by atoms with van der Waals surface area (Å²) in [5, 5.41) is 9.41. The van der Waals surface area contributed by atoms with Gasteiger partial charge in [-0.15, -0.1) is 11.8 Å². The van der Waals surface area contributed by atoms with E-state index in [4.69, 9.17) is 16.7 Å². The molecule has 0 atom stereocenters. The smallest absolute Gasteiger partial charge is 0.315 e. The Morgan fingerprint density at radius 2 is 2.33 bits per heavy atom. The van der Waals surface area contributed by atoms with Gasteiger partial charge in [-0.2, -0.15) is 0 Å². The SMILES string of the molecule is COC(=O)CSc1ccc(CO)c(Cl)c1. The number of hydrogen-bond acceptors (Lipinski definition) is 4. The van der Waals surface area contributed by atoms with Crippen LogP contribution in [-0.4, -0.2) is 23.9 Å². The molecule has 15 heavy (non-hydrogen) atoms. The molecule has 3 nitrogen and oxygen atoms in total. The Bertz CT molecular complexity index is 355. The van der Waals surface area contributed by atoms with Crippen LogP contribution >= 0.6 is 23.4 Å². The quantitative estimate of drug-likeness (QED) is 0.653. The van der Waals surface area contributed by atoms with Gasteiger partial charge in [0.2, 0.25) is 0 Å². The molecule has 0 aliphatic carbocycles. The Hall–Kier alpha value is -0.710. The highest BCUT2D eigenvalue weighted by Crippen LogP contribution is 2.24. The van der Waals surface area contributed by atoms with Crippen LogP contribution in [0.25, 0.3) is 0 Å². The standard InChI is InChI=1S/C10H11ClO3S/c1-14-10(13)6-15-8-3-2-7(5-12)9(11)4-8/h2-4,12H,5-6H2,1H3. The lowest BCUT2D eigenvalue weighted by molar-refractivity contribution is -0.137. The molecular weight excluding hydrogens is 236 g/mol. The van der Waals surface area contributed by atoms with Crippen molar-refractivity contribution < 1.29 is 14.6 Å². The van der Waals surface area contributed by atoms with E-state index in [2.05, 4.69) is 4.74 Å². The van der Waals surface area contributed by atoms with E-state index in [0.29, 0.717) is 10.6 Å². The maximum absolute atomic E-state index is 10.9. The molecule has 1 aromatic rings. The van der Waals surface area contributed by atoms with E-state index in [1.165, 1.54) is 18.9 Å². The fourth-order valence-electron chi connectivity index (χ4n) is 0.947. The normalized spacial score (nSPS) is 10.1. The lowest BCUT2D eigenvalue weighted by Crippen LogP contribution is -2.02. The second kappa shape index (κ2) is 6.00. The topological polar surface area (TPSA) is 46.5 Å². The van der Waals surface area contributed by atoms with Gasteiger partial charge in [0.15, 0.2) is 0 Å². The second-order valence-corrected chi connectivity index (χ2v) is 4.23. The molecule has 0 radical (unpaired) electrons. The molecule has 1 N–H and O–H groups in total. The number of carbonyl (C=O) groups is 1. The molecule has 0 saturated carbocycles. The number of carbonyl (C=O) groups excluding carboxylic acids is 1. The molecule has 0 unspecified atom stereocenters. The molecule has 0 bridgehead atoms. The highest BCUT2D eigenvalue weighted by Gasteiger charge is 2.04. The summed E-state index contributed by atoms with van der Waals surface area (Å²) in [5.74, 6) is -0.0203. The first kappa shape index (κ1) is 12.4. The number of halogens is 1. The van der Waals surface area contributed by atoms with Gasteiger partial charge in [0.1, 0.15) is 0 Å². The minimum absolute atomic E-state index is 0.0826. The number of methoxy groups -OCH3 is 1. The van der Waals surface area contributed by atoms with Gasteiger partial charge in [-0.1, -0.05) is 17.7 Å². The van der Waals surface area contributed by atoms with Crippen LogP contribution in [0, 0.1) is 0 Å². The zero-order chi connectivity index (χ0) is 11.3. The first-order valence-electron chi connectivity index (χ1n) is 4.26. The summed E-state index contributed by atoms with van der Waals surface area (Å²) >= 11 is 7.24. The average molecular weight is 247 g/mol. The maximum Gasteiger partial charge on any atom is 0.315 e. The van der Waals surface area contributed by atoms with Gasteiger partial charge in [0, 0.05) is 9.92 Å². The second-order valence-electron chi connectivity index (χ2n) is 2.78. The van der Waals surface area contributed by atoms with Crippen LogP contribution in [0.1, 0.15) is 5.56 Å². The highest BCUT2D eigenvalue weighted by atomic mass is 35.5. The third kappa shape index (κ3) is 3.74. The summed E-state index contributed by atoms with van der Waals surface area (Å²) in [6.45, 7) is -0.0826. The van der Waals surface area contributed by atoms with Crippen LogP contribution in [0.3, 0.4) is 0 Å². The summed E-state index contributed by atoms with van der Waals surface area (Å²) < 4.78 is 4.51. The first-order chi connectivity index (χ1) is 7.17. The lowest BCUT2D eigenvalue weighted by atomic mass is 10.2. The number of thioether (sulfide) groups is 1. The van der Waals surface area contributed by atoms with E-state index in [0.717, 1.165) is 4.90 Å². The van der Waals surface area contributed by atoms with Gasteiger partial charge in [0.25, 0.3) is 0 Å². The van der Waals surface area contributed by atoms with Crippen LogP contribution in [-0.2, 0) is 16.1 Å².